The minimum Gasteiger partial charge on any atom is -0.383 e. The molecule has 1 amide bonds. The highest BCUT2D eigenvalue weighted by Crippen LogP contribution is 2.22. The van der Waals surface area contributed by atoms with Crippen LogP contribution in [0.5, 0.6) is 0 Å². The number of methoxy groups -OCH3 is 1. The number of nitrogens with one attached hydrogen (secondary N) is 1. The summed E-state index contributed by atoms with van der Waals surface area (Å²) < 4.78 is 4.97. The second kappa shape index (κ2) is 6.27. The van der Waals surface area contributed by atoms with E-state index in [1.165, 1.54) is 0 Å². The fourth-order valence-electron chi connectivity index (χ4n) is 0.626. The predicted octanol–water partition coefficient (Wildman–Crippen LogP) is 1.28. The molecule has 0 heterocycles. The van der Waals surface area contributed by atoms with E-state index in [2.05, 4.69) is 26.1 Å². The van der Waals surface area contributed by atoms with Gasteiger partial charge in [0.2, 0.25) is 5.91 Å². The van der Waals surface area contributed by atoms with E-state index in [-0.39, 0.29) is 10.7 Å². The van der Waals surface area contributed by atoms with Crippen molar-refractivity contribution in [2.45, 2.75) is 25.5 Å². The molecule has 0 radical (unpaired) electrons. The lowest BCUT2D eigenvalue weighted by Gasteiger charge is -2.16. The van der Waals surface area contributed by atoms with E-state index in [9.17, 15) is 4.79 Å². The summed E-state index contributed by atoms with van der Waals surface area (Å²) in [6.07, 6.45) is 0. The Balaban J connectivity index is 3.41. The van der Waals surface area contributed by atoms with Gasteiger partial charge in [-0.1, -0.05) is 20.8 Å². The molecule has 0 aromatic carbocycles. The van der Waals surface area contributed by atoms with Gasteiger partial charge in [0.15, 0.2) is 0 Å². The number of rotatable bonds is 5. The number of hydrogen-bond acceptors (Lipinski definition) is 3. The number of carbonyl (C=O) groups excluding carboxylic acids is 1. The van der Waals surface area contributed by atoms with Gasteiger partial charge in [0, 0.05) is 18.4 Å². The Bertz CT molecular complexity index is 154. The summed E-state index contributed by atoms with van der Waals surface area (Å²) in [6, 6.07) is 0. The number of thioether (sulfide) groups is 1. The molecule has 1 N–H and O–H groups in total. The predicted molar refractivity (Wildman–Crippen MR) is 57.1 cm³/mol. The van der Waals surface area contributed by atoms with Gasteiger partial charge >= 0.3 is 0 Å². The second-order valence-electron chi connectivity index (χ2n) is 3.74. The van der Waals surface area contributed by atoms with Crippen molar-refractivity contribution in [3.63, 3.8) is 0 Å². The van der Waals surface area contributed by atoms with Crippen LogP contribution in [-0.2, 0) is 9.53 Å². The Morgan fingerprint density at radius 2 is 2.08 bits per heavy atom. The van der Waals surface area contributed by atoms with Gasteiger partial charge in [-0.2, -0.15) is 0 Å². The largest absolute Gasteiger partial charge is 0.383 e. The van der Waals surface area contributed by atoms with Crippen LogP contribution in [-0.4, -0.2) is 36.7 Å². The molecular weight excluding hydrogens is 186 g/mol. The van der Waals surface area contributed by atoms with Crippen LogP contribution in [0.1, 0.15) is 20.8 Å². The minimum absolute atomic E-state index is 0.0805. The Morgan fingerprint density at radius 1 is 1.46 bits per heavy atom. The first-order valence-corrected chi connectivity index (χ1v) is 5.34. The molecule has 0 spiro atoms. The van der Waals surface area contributed by atoms with Crippen LogP contribution >= 0.6 is 11.8 Å². The third-order valence-corrected chi connectivity index (χ3v) is 2.54. The van der Waals surface area contributed by atoms with Crippen LogP contribution in [0.2, 0.25) is 0 Å². The summed E-state index contributed by atoms with van der Waals surface area (Å²) >= 11 is 1.65. The van der Waals surface area contributed by atoms with Gasteiger partial charge in [0.25, 0.3) is 0 Å². The second-order valence-corrected chi connectivity index (χ2v) is 5.55. The zero-order valence-corrected chi connectivity index (χ0v) is 9.66. The third kappa shape index (κ3) is 9.70. The number of carbonyl (C=O) groups is 1. The van der Waals surface area contributed by atoms with E-state index in [4.69, 9.17) is 4.74 Å². The molecule has 0 saturated heterocycles. The maximum Gasteiger partial charge on any atom is 0.230 e. The molecule has 0 unspecified atom stereocenters. The highest BCUT2D eigenvalue weighted by molar-refractivity contribution is 8.01. The van der Waals surface area contributed by atoms with Crippen molar-refractivity contribution in [1.29, 1.82) is 0 Å². The summed E-state index contributed by atoms with van der Waals surface area (Å²) in [4.78, 5) is 11.2. The SMILES string of the molecule is COCCNC(=O)CSC(C)(C)C. The zero-order valence-electron chi connectivity index (χ0n) is 8.85. The van der Waals surface area contributed by atoms with Gasteiger partial charge in [-0.3, -0.25) is 4.79 Å². The van der Waals surface area contributed by atoms with Crippen LogP contribution in [0.25, 0.3) is 0 Å². The molecule has 0 atom stereocenters. The first-order chi connectivity index (χ1) is 5.95. The van der Waals surface area contributed by atoms with Crippen molar-refractivity contribution in [2.24, 2.45) is 0 Å². The topological polar surface area (TPSA) is 38.3 Å². The monoisotopic (exact) mass is 205 g/mol. The molecule has 0 bridgehead atoms. The van der Waals surface area contributed by atoms with Gasteiger partial charge < -0.3 is 10.1 Å². The van der Waals surface area contributed by atoms with Gasteiger partial charge in [0.1, 0.15) is 0 Å². The van der Waals surface area contributed by atoms with Crippen molar-refractivity contribution in [3.05, 3.63) is 0 Å². The first kappa shape index (κ1) is 12.8. The lowest BCUT2D eigenvalue weighted by molar-refractivity contribution is -0.118. The van der Waals surface area contributed by atoms with Crippen molar-refractivity contribution in [1.82, 2.24) is 5.32 Å². The molecule has 0 aliphatic rings. The molecule has 0 aliphatic heterocycles. The maximum atomic E-state index is 11.2. The van der Waals surface area contributed by atoms with Crippen molar-refractivity contribution < 1.29 is 9.53 Å². The summed E-state index contributed by atoms with van der Waals surface area (Å²) in [5, 5.41) is 2.77. The third-order valence-electron chi connectivity index (χ3n) is 1.26. The molecule has 78 valence electrons. The normalized spacial score (nSPS) is 11.4. The molecule has 0 aliphatic carbocycles. The smallest absolute Gasteiger partial charge is 0.230 e. The molecule has 3 nitrogen and oxygen atoms in total. The first-order valence-electron chi connectivity index (χ1n) is 4.35. The van der Waals surface area contributed by atoms with Gasteiger partial charge in [-0.25, -0.2) is 0 Å². The van der Waals surface area contributed by atoms with Crippen LogP contribution in [0.15, 0.2) is 0 Å². The standard InChI is InChI=1S/C9H19NO2S/c1-9(2,3)13-7-8(11)10-5-6-12-4/h5-7H2,1-4H3,(H,10,11). The summed E-state index contributed by atoms with van der Waals surface area (Å²) in [6.45, 7) is 7.46. The van der Waals surface area contributed by atoms with Gasteiger partial charge in [-0.15, -0.1) is 11.8 Å². The fourth-order valence-corrected chi connectivity index (χ4v) is 1.29. The molecule has 4 heteroatoms. The van der Waals surface area contributed by atoms with Crippen LogP contribution in [0.3, 0.4) is 0 Å². The van der Waals surface area contributed by atoms with E-state index < -0.39 is 0 Å². The van der Waals surface area contributed by atoms with Crippen LogP contribution in [0, 0.1) is 0 Å². The Morgan fingerprint density at radius 3 is 2.54 bits per heavy atom. The molecular formula is C9H19NO2S. The average Bonchev–Trinajstić information content (AvgIpc) is 2.00. The van der Waals surface area contributed by atoms with Gasteiger partial charge in [-0.05, 0) is 0 Å². The molecule has 0 rings (SSSR count). The van der Waals surface area contributed by atoms with Crippen molar-refractivity contribution in [2.75, 3.05) is 26.0 Å². The Labute approximate surface area is 84.6 Å². The quantitative estimate of drug-likeness (QED) is 0.687. The van der Waals surface area contributed by atoms with Crippen molar-refractivity contribution in [3.8, 4) is 0 Å². The summed E-state index contributed by atoms with van der Waals surface area (Å²) in [5.74, 6) is 0.602. The zero-order chi connectivity index (χ0) is 10.3. The minimum atomic E-state index is 0.0805. The van der Waals surface area contributed by atoms with E-state index >= 15 is 0 Å². The number of ether oxygens (including phenoxy) is 1. The molecule has 0 aromatic heterocycles. The Hall–Kier alpha value is -0.220. The van der Waals surface area contributed by atoms with E-state index in [1.54, 1.807) is 18.9 Å². The van der Waals surface area contributed by atoms with E-state index in [1.807, 2.05) is 0 Å². The molecule has 0 saturated carbocycles. The molecule has 13 heavy (non-hydrogen) atoms. The lowest BCUT2D eigenvalue weighted by atomic mass is 10.3. The number of amides is 1. The van der Waals surface area contributed by atoms with Crippen molar-refractivity contribution >= 4 is 17.7 Å². The summed E-state index contributed by atoms with van der Waals surface area (Å²) in [7, 11) is 1.62. The molecule has 0 aromatic rings. The molecule has 0 fully saturated rings. The maximum absolute atomic E-state index is 11.2. The Kier molecular flexibility index (Phi) is 6.16. The van der Waals surface area contributed by atoms with E-state index in [0.717, 1.165) is 0 Å². The highest BCUT2D eigenvalue weighted by atomic mass is 32.2. The number of hydrogen-bond donors (Lipinski definition) is 1. The van der Waals surface area contributed by atoms with E-state index in [0.29, 0.717) is 18.9 Å². The van der Waals surface area contributed by atoms with Crippen LogP contribution < -0.4 is 5.32 Å². The van der Waals surface area contributed by atoms with Gasteiger partial charge in [0.05, 0.1) is 12.4 Å². The fraction of sp³-hybridized carbons (Fsp3) is 0.889. The van der Waals surface area contributed by atoms with Crippen LogP contribution in [0.4, 0.5) is 0 Å². The highest BCUT2D eigenvalue weighted by Gasteiger charge is 2.12. The summed E-state index contributed by atoms with van der Waals surface area (Å²) in [5.41, 5.74) is 0. The lowest BCUT2D eigenvalue weighted by Crippen LogP contribution is -2.29. The average molecular weight is 205 g/mol.